The molecule has 0 aromatic heterocycles. The van der Waals surface area contributed by atoms with Crippen LogP contribution in [0.15, 0.2) is 0 Å². The van der Waals surface area contributed by atoms with Crippen LogP contribution in [0.25, 0.3) is 0 Å². The summed E-state index contributed by atoms with van der Waals surface area (Å²) < 4.78 is 5.94. The van der Waals surface area contributed by atoms with Gasteiger partial charge in [0.1, 0.15) is 6.10 Å². The average molecular weight is 319 g/mol. The van der Waals surface area contributed by atoms with E-state index in [2.05, 4.69) is 13.8 Å². The second kappa shape index (κ2) is 5.49. The van der Waals surface area contributed by atoms with E-state index < -0.39 is 0 Å². The molecule has 0 saturated heterocycles. The molecular formula is C21H34O2. The molecule has 0 amide bonds. The van der Waals surface area contributed by atoms with Gasteiger partial charge in [-0.05, 0) is 74.0 Å². The Morgan fingerprint density at radius 1 is 0.913 bits per heavy atom. The van der Waals surface area contributed by atoms with Gasteiger partial charge in [-0.25, -0.2) is 0 Å². The number of carbonyl (C=O) groups excluding carboxylic acids is 1. The predicted octanol–water partition coefficient (Wildman–Crippen LogP) is 5.35. The van der Waals surface area contributed by atoms with Gasteiger partial charge >= 0.3 is 5.97 Å². The summed E-state index contributed by atoms with van der Waals surface area (Å²) in [7, 11) is 0. The monoisotopic (exact) mass is 318 g/mol. The first-order valence-electron chi connectivity index (χ1n) is 10.1. The number of ether oxygens (including phenoxy) is 1. The molecule has 0 spiro atoms. The van der Waals surface area contributed by atoms with Crippen LogP contribution < -0.4 is 0 Å². The zero-order valence-corrected chi connectivity index (χ0v) is 15.3. The molecule has 4 aliphatic carbocycles. The first kappa shape index (κ1) is 16.0. The number of fused-ring (bicyclic) bond motifs is 5. The summed E-state index contributed by atoms with van der Waals surface area (Å²) in [5.74, 6) is 3.35. The number of rotatable bonds is 1. The van der Waals surface area contributed by atoms with E-state index >= 15 is 0 Å². The second-order valence-corrected chi connectivity index (χ2v) is 9.63. The van der Waals surface area contributed by atoms with Crippen LogP contribution in [0.5, 0.6) is 0 Å². The lowest BCUT2D eigenvalue weighted by Gasteiger charge is -2.61. The van der Waals surface area contributed by atoms with E-state index in [1.165, 1.54) is 57.8 Å². The Hall–Kier alpha value is -0.530. The molecule has 4 saturated carbocycles. The highest BCUT2D eigenvalue weighted by Crippen LogP contribution is 2.66. The van der Waals surface area contributed by atoms with Crippen molar-refractivity contribution >= 4 is 5.97 Å². The molecule has 4 fully saturated rings. The third kappa shape index (κ3) is 2.30. The van der Waals surface area contributed by atoms with E-state index in [1.807, 2.05) is 0 Å². The molecule has 0 N–H and O–H groups in total. The summed E-state index contributed by atoms with van der Waals surface area (Å²) >= 11 is 0. The Morgan fingerprint density at radius 2 is 1.70 bits per heavy atom. The van der Waals surface area contributed by atoms with Crippen molar-refractivity contribution in [2.75, 3.05) is 0 Å². The maximum atomic E-state index is 11.7. The Morgan fingerprint density at radius 3 is 2.48 bits per heavy atom. The highest BCUT2D eigenvalue weighted by molar-refractivity contribution is 5.66. The van der Waals surface area contributed by atoms with Gasteiger partial charge in [-0.15, -0.1) is 0 Å². The van der Waals surface area contributed by atoms with Gasteiger partial charge in [-0.2, -0.15) is 0 Å². The molecule has 130 valence electrons. The molecule has 0 aliphatic heterocycles. The van der Waals surface area contributed by atoms with Crippen LogP contribution in [0.2, 0.25) is 0 Å². The molecule has 4 aliphatic rings. The zero-order valence-electron chi connectivity index (χ0n) is 15.3. The molecule has 2 heteroatoms. The van der Waals surface area contributed by atoms with Crippen LogP contribution in [0.1, 0.15) is 85.0 Å². The zero-order chi connectivity index (χ0) is 16.2. The van der Waals surface area contributed by atoms with Gasteiger partial charge in [0, 0.05) is 12.3 Å². The second-order valence-electron chi connectivity index (χ2n) is 9.63. The van der Waals surface area contributed by atoms with Gasteiger partial charge in [0.05, 0.1) is 0 Å². The van der Waals surface area contributed by atoms with Gasteiger partial charge in [0.2, 0.25) is 0 Å². The van der Waals surface area contributed by atoms with E-state index in [4.69, 9.17) is 4.74 Å². The molecular weight excluding hydrogens is 284 g/mol. The van der Waals surface area contributed by atoms with Crippen molar-refractivity contribution in [1.29, 1.82) is 0 Å². The van der Waals surface area contributed by atoms with E-state index in [0.29, 0.717) is 5.41 Å². The molecule has 0 bridgehead atoms. The summed E-state index contributed by atoms with van der Waals surface area (Å²) in [4.78, 5) is 11.7. The topological polar surface area (TPSA) is 26.3 Å². The van der Waals surface area contributed by atoms with Crippen molar-refractivity contribution in [1.82, 2.24) is 0 Å². The van der Waals surface area contributed by atoms with Gasteiger partial charge in [-0.1, -0.05) is 33.1 Å². The van der Waals surface area contributed by atoms with Crippen LogP contribution in [0, 0.1) is 34.5 Å². The summed E-state index contributed by atoms with van der Waals surface area (Å²) in [5, 5.41) is 0. The fourth-order valence-corrected chi connectivity index (χ4v) is 7.61. The van der Waals surface area contributed by atoms with E-state index in [1.54, 1.807) is 6.92 Å². The number of esters is 1. The molecule has 0 heterocycles. The largest absolute Gasteiger partial charge is 0.462 e. The highest BCUT2D eigenvalue weighted by Gasteiger charge is 2.61. The molecule has 2 nitrogen and oxygen atoms in total. The fraction of sp³-hybridized carbons (Fsp3) is 0.952. The van der Waals surface area contributed by atoms with Gasteiger partial charge in [0.15, 0.2) is 0 Å². The molecule has 0 aromatic rings. The Kier molecular flexibility index (Phi) is 3.81. The van der Waals surface area contributed by atoms with Crippen LogP contribution in [-0.2, 0) is 9.53 Å². The van der Waals surface area contributed by atoms with Crippen molar-refractivity contribution < 1.29 is 9.53 Å². The fourth-order valence-electron chi connectivity index (χ4n) is 7.61. The van der Waals surface area contributed by atoms with Crippen LogP contribution in [0.4, 0.5) is 0 Å². The minimum absolute atomic E-state index is 0.0681. The molecule has 7 atom stereocenters. The number of carbonyl (C=O) groups is 1. The molecule has 0 unspecified atom stereocenters. The first-order valence-corrected chi connectivity index (χ1v) is 10.1. The van der Waals surface area contributed by atoms with Crippen molar-refractivity contribution in [3.63, 3.8) is 0 Å². The minimum Gasteiger partial charge on any atom is -0.462 e. The molecule has 0 aromatic carbocycles. The van der Waals surface area contributed by atoms with E-state index in [0.717, 1.165) is 30.1 Å². The lowest BCUT2D eigenvalue weighted by atomic mass is 9.45. The van der Waals surface area contributed by atoms with E-state index in [-0.39, 0.29) is 17.5 Å². The standard InChI is InChI=1S/C21H34O2/c1-14(22)23-19-13-18-16(17-8-6-12-21(17,19)3)10-9-15-7-4-5-11-20(15,18)2/h15-19H,4-13H2,1-3H3/t15-,16-,17-,18-,19-,20+,21+/m1/s1. The van der Waals surface area contributed by atoms with Crippen LogP contribution >= 0.6 is 0 Å². The van der Waals surface area contributed by atoms with Crippen molar-refractivity contribution in [2.24, 2.45) is 34.5 Å². The number of hydrogen-bond acceptors (Lipinski definition) is 2. The third-order valence-electron chi connectivity index (χ3n) is 8.77. The summed E-state index contributed by atoms with van der Waals surface area (Å²) in [5.41, 5.74) is 0.772. The minimum atomic E-state index is -0.0681. The van der Waals surface area contributed by atoms with Crippen molar-refractivity contribution in [2.45, 2.75) is 91.1 Å². The maximum Gasteiger partial charge on any atom is 0.302 e. The summed E-state index contributed by atoms with van der Waals surface area (Å²) in [6.07, 6.45) is 13.9. The third-order valence-corrected chi connectivity index (χ3v) is 8.77. The quantitative estimate of drug-likeness (QED) is 0.609. The lowest BCUT2D eigenvalue weighted by molar-refractivity contribution is -0.183. The Balaban J connectivity index is 1.68. The molecule has 0 radical (unpaired) electrons. The van der Waals surface area contributed by atoms with Gasteiger partial charge < -0.3 is 4.74 Å². The number of hydrogen-bond donors (Lipinski definition) is 0. The Bertz CT molecular complexity index is 486. The van der Waals surface area contributed by atoms with E-state index in [9.17, 15) is 4.79 Å². The first-order chi connectivity index (χ1) is 10.9. The summed E-state index contributed by atoms with van der Waals surface area (Å²) in [6, 6.07) is 0. The normalized spacial score (nSPS) is 52.2. The molecule has 23 heavy (non-hydrogen) atoms. The average Bonchev–Trinajstić information content (AvgIpc) is 2.90. The lowest BCUT2D eigenvalue weighted by Crippen LogP contribution is -2.57. The highest BCUT2D eigenvalue weighted by atomic mass is 16.5. The SMILES string of the molecule is CC(=O)O[C@@H]1C[C@@H]2[C@H](CC[C@H]3CCCC[C@@]32C)[C@H]2CCC[C@@]21C. The van der Waals surface area contributed by atoms with Crippen molar-refractivity contribution in [3.8, 4) is 0 Å². The van der Waals surface area contributed by atoms with Gasteiger partial charge in [-0.3, -0.25) is 4.79 Å². The maximum absolute atomic E-state index is 11.7. The van der Waals surface area contributed by atoms with Crippen LogP contribution in [0.3, 0.4) is 0 Å². The molecule has 4 rings (SSSR count). The van der Waals surface area contributed by atoms with Crippen LogP contribution in [-0.4, -0.2) is 12.1 Å². The van der Waals surface area contributed by atoms with Crippen molar-refractivity contribution in [3.05, 3.63) is 0 Å². The van der Waals surface area contributed by atoms with Gasteiger partial charge in [0.25, 0.3) is 0 Å². The smallest absolute Gasteiger partial charge is 0.302 e. The predicted molar refractivity (Wildman–Crippen MR) is 91.9 cm³/mol. The Labute approximate surface area is 141 Å². The summed E-state index contributed by atoms with van der Waals surface area (Å²) in [6.45, 7) is 6.63.